The molecule has 1 aromatic rings. The van der Waals surface area contributed by atoms with Gasteiger partial charge in [-0.3, -0.25) is 4.79 Å². The number of hydrogen-bond donors (Lipinski definition) is 2. The molecule has 0 spiro atoms. The fourth-order valence-corrected chi connectivity index (χ4v) is 1.10. The molecule has 5 nitrogen and oxygen atoms in total. The van der Waals surface area contributed by atoms with Crippen molar-refractivity contribution in [3.63, 3.8) is 0 Å². The molecule has 2 N–H and O–H groups in total. The molecule has 0 bridgehead atoms. The van der Waals surface area contributed by atoms with E-state index in [-0.39, 0.29) is 5.91 Å². The lowest BCUT2D eigenvalue weighted by Crippen LogP contribution is -2.36. The minimum atomic E-state index is -0.00769. The molecule has 0 aliphatic rings. The Balaban J connectivity index is 2.26. The van der Waals surface area contributed by atoms with E-state index in [4.69, 9.17) is 0 Å². The van der Waals surface area contributed by atoms with Crippen molar-refractivity contribution >= 4 is 5.91 Å². The number of aryl methyl sites for hydroxylation is 1. The number of imidazole rings is 1. The second-order valence-electron chi connectivity index (χ2n) is 3.77. The fourth-order valence-electron chi connectivity index (χ4n) is 1.10. The molecule has 0 saturated heterocycles. The van der Waals surface area contributed by atoms with Gasteiger partial charge in [0, 0.05) is 25.5 Å². The van der Waals surface area contributed by atoms with Gasteiger partial charge in [-0.1, -0.05) is 13.8 Å². The van der Waals surface area contributed by atoms with Crippen LogP contribution in [-0.2, 0) is 18.4 Å². The molecule has 0 radical (unpaired) electrons. The number of carbonyl (C=O) groups excluding carboxylic acids is 1. The zero-order valence-electron chi connectivity index (χ0n) is 9.45. The highest BCUT2D eigenvalue weighted by molar-refractivity contribution is 5.77. The molecule has 0 unspecified atom stereocenters. The van der Waals surface area contributed by atoms with E-state index in [0.717, 1.165) is 5.82 Å². The van der Waals surface area contributed by atoms with Crippen LogP contribution in [0.15, 0.2) is 12.4 Å². The van der Waals surface area contributed by atoms with Crippen molar-refractivity contribution in [1.29, 1.82) is 0 Å². The average Bonchev–Trinajstić information content (AvgIpc) is 2.58. The third kappa shape index (κ3) is 4.12. The Kier molecular flexibility index (Phi) is 4.30. The number of hydrogen-bond acceptors (Lipinski definition) is 3. The number of aromatic nitrogens is 2. The summed E-state index contributed by atoms with van der Waals surface area (Å²) in [5, 5.41) is 5.85. The van der Waals surface area contributed by atoms with Crippen LogP contribution >= 0.6 is 0 Å². The first kappa shape index (κ1) is 11.7. The van der Waals surface area contributed by atoms with Gasteiger partial charge in [0.2, 0.25) is 5.91 Å². The van der Waals surface area contributed by atoms with Gasteiger partial charge in [-0.05, 0) is 0 Å². The van der Waals surface area contributed by atoms with Crippen LogP contribution in [0.2, 0.25) is 0 Å². The maximum absolute atomic E-state index is 11.3. The van der Waals surface area contributed by atoms with Gasteiger partial charge in [-0.2, -0.15) is 0 Å². The molecule has 15 heavy (non-hydrogen) atoms. The molecule has 0 aliphatic carbocycles. The van der Waals surface area contributed by atoms with Gasteiger partial charge in [0.15, 0.2) is 0 Å². The van der Waals surface area contributed by atoms with Crippen molar-refractivity contribution < 1.29 is 4.79 Å². The minimum absolute atomic E-state index is 0.00769. The second-order valence-corrected chi connectivity index (χ2v) is 3.77. The highest BCUT2D eigenvalue weighted by atomic mass is 16.1. The molecule has 1 rings (SSSR count). The van der Waals surface area contributed by atoms with E-state index in [1.807, 2.05) is 31.7 Å². The third-order valence-electron chi connectivity index (χ3n) is 2.04. The van der Waals surface area contributed by atoms with Crippen molar-refractivity contribution in [2.24, 2.45) is 7.05 Å². The maximum atomic E-state index is 11.3. The van der Waals surface area contributed by atoms with Gasteiger partial charge in [-0.25, -0.2) is 4.98 Å². The minimum Gasteiger partial charge on any atom is -0.348 e. The fraction of sp³-hybridized carbons (Fsp3) is 0.600. The van der Waals surface area contributed by atoms with Crippen LogP contribution in [0.25, 0.3) is 0 Å². The molecular formula is C10H18N4O. The topological polar surface area (TPSA) is 59.0 Å². The molecule has 1 aromatic heterocycles. The largest absolute Gasteiger partial charge is 0.348 e. The van der Waals surface area contributed by atoms with Gasteiger partial charge in [0.25, 0.3) is 0 Å². The molecular weight excluding hydrogens is 192 g/mol. The lowest BCUT2D eigenvalue weighted by atomic mass is 10.4. The summed E-state index contributed by atoms with van der Waals surface area (Å²) in [4.78, 5) is 15.5. The highest BCUT2D eigenvalue weighted by Gasteiger charge is 2.03. The summed E-state index contributed by atoms with van der Waals surface area (Å²) in [6.45, 7) is 4.84. The molecule has 5 heteroatoms. The van der Waals surface area contributed by atoms with Gasteiger partial charge in [-0.15, -0.1) is 0 Å². The van der Waals surface area contributed by atoms with Crippen LogP contribution in [0.4, 0.5) is 0 Å². The molecule has 1 heterocycles. The van der Waals surface area contributed by atoms with E-state index in [9.17, 15) is 4.79 Å². The SMILES string of the molecule is CC(C)NCC(=O)NCc1nccn1C. The van der Waals surface area contributed by atoms with Crippen LogP contribution in [0, 0.1) is 0 Å². The van der Waals surface area contributed by atoms with Crippen LogP contribution in [-0.4, -0.2) is 28.0 Å². The predicted octanol–water partition coefficient (Wildman–Crippen LogP) is 0.0343. The summed E-state index contributed by atoms with van der Waals surface area (Å²) in [7, 11) is 1.90. The van der Waals surface area contributed by atoms with Gasteiger partial charge in [0.05, 0.1) is 13.1 Å². The van der Waals surface area contributed by atoms with Gasteiger partial charge in [0.1, 0.15) is 5.82 Å². The Bertz CT molecular complexity index is 319. The summed E-state index contributed by atoms with van der Waals surface area (Å²) in [6.07, 6.45) is 3.57. The molecule has 0 fully saturated rings. The molecule has 1 amide bonds. The predicted molar refractivity (Wildman–Crippen MR) is 58.2 cm³/mol. The number of nitrogens with one attached hydrogen (secondary N) is 2. The van der Waals surface area contributed by atoms with Crippen molar-refractivity contribution in [2.45, 2.75) is 26.4 Å². The Morgan fingerprint density at radius 2 is 2.33 bits per heavy atom. The van der Waals surface area contributed by atoms with Crippen LogP contribution in [0.1, 0.15) is 19.7 Å². The lowest BCUT2D eigenvalue weighted by Gasteiger charge is -2.08. The first-order valence-corrected chi connectivity index (χ1v) is 5.06. The second kappa shape index (κ2) is 5.50. The van der Waals surface area contributed by atoms with Crippen molar-refractivity contribution in [3.05, 3.63) is 18.2 Å². The Morgan fingerprint density at radius 3 is 2.87 bits per heavy atom. The molecule has 84 valence electrons. The summed E-state index contributed by atoms with van der Waals surface area (Å²) >= 11 is 0. The number of amides is 1. The Labute approximate surface area is 89.9 Å². The lowest BCUT2D eigenvalue weighted by molar-refractivity contribution is -0.120. The first-order chi connectivity index (χ1) is 7.09. The maximum Gasteiger partial charge on any atom is 0.234 e. The molecule has 0 aromatic carbocycles. The van der Waals surface area contributed by atoms with E-state index in [1.54, 1.807) is 6.20 Å². The molecule has 0 aliphatic heterocycles. The third-order valence-corrected chi connectivity index (χ3v) is 2.04. The van der Waals surface area contributed by atoms with Gasteiger partial charge >= 0.3 is 0 Å². The molecule has 0 saturated carbocycles. The summed E-state index contributed by atoms with van der Waals surface area (Å²) < 4.78 is 1.89. The van der Waals surface area contributed by atoms with E-state index in [2.05, 4.69) is 15.6 Å². The smallest absolute Gasteiger partial charge is 0.234 e. The molecule has 0 atom stereocenters. The average molecular weight is 210 g/mol. The Hall–Kier alpha value is -1.36. The summed E-state index contributed by atoms with van der Waals surface area (Å²) in [5.74, 6) is 0.847. The summed E-state index contributed by atoms with van der Waals surface area (Å²) in [5.41, 5.74) is 0. The normalized spacial score (nSPS) is 10.7. The van der Waals surface area contributed by atoms with Crippen LogP contribution in [0.5, 0.6) is 0 Å². The monoisotopic (exact) mass is 210 g/mol. The zero-order chi connectivity index (χ0) is 11.3. The van der Waals surface area contributed by atoms with E-state index in [1.165, 1.54) is 0 Å². The highest BCUT2D eigenvalue weighted by Crippen LogP contribution is 1.92. The summed E-state index contributed by atoms with van der Waals surface area (Å²) in [6, 6.07) is 0.323. The van der Waals surface area contributed by atoms with E-state index < -0.39 is 0 Å². The van der Waals surface area contributed by atoms with Crippen molar-refractivity contribution in [1.82, 2.24) is 20.2 Å². The quantitative estimate of drug-likeness (QED) is 0.721. The van der Waals surface area contributed by atoms with Crippen molar-refractivity contribution in [3.8, 4) is 0 Å². The Morgan fingerprint density at radius 1 is 1.60 bits per heavy atom. The number of nitrogens with zero attached hydrogens (tertiary/aromatic N) is 2. The van der Waals surface area contributed by atoms with Gasteiger partial charge < -0.3 is 15.2 Å². The van der Waals surface area contributed by atoms with Crippen molar-refractivity contribution in [2.75, 3.05) is 6.54 Å². The number of carbonyl (C=O) groups is 1. The zero-order valence-corrected chi connectivity index (χ0v) is 9.45. The van der Waals surface area contributed by atoms with Crippen LogP contribution < -0.4 is 10.6 Å². The van der Waals surface area contributed by atoms with E-state index >= 15 is 0 Å². The standard InChI is InChI=1S/C10H18N4O/c1-8(2)12-7-10(15)13-6-9-11-4-5-14(9)3/h4-5,8,12H,6-7H2,1-3H3,(H,13,15). The van der Waals surface area contributed by atoms with E-state index in [0.29, 0.717) is 19.1 Å². The van der Waals surface area contributed by atoms with Crippen LogP contribution in [0.3, 0.4) is 0 Å². The first-order valence-electron chi connectivity index (χ1n) is 5.06. The number of rotatable bonds is 5.